The Morgan fingerprint density at radius 2 is 1.61 bits per heavy atom. The molecule has 232 valence electrons. The standard InChI is InChI=1S/C29H31F2N7O6/c1-5-8-38-14-19(29(43)44-4)26(40)18-11-20(30)24(23(31)25(18)38)32-6-7-33-27(41)21-10-17(13-37(21)3)35-28(42)22-9-16(34-15-39)12-36(22)2/h9-15,32H,5-8H2,1-4H3,(H,33,41)(H,34,39)(H,35,42). The Labute approximate surface area is 249 Å². The summed E-state index contributed by atoms with van der Waals surface area (Å²) < 4.78 is 39.6. The number of hydrogen-bond donors (Lipinski definition) is 4. The van der Waals surface area contributed by atoms with Crippen molar-refractivity contribution in [2.45, 2.75) is 19.9 Å². The minimum absolute atomic E-state index is 0.0263. The number of anilines is 3. The van der Waals surface area contributed by atoms with Gasteiger partial charge in [0.2, 0.25) is 11.8 Å². The van der Waals surface area contributed by atoms with Crippen LogP contribution >= 0.6 is 0 Å². The Morgan fingerprint density at radius 3 is 2.27 bits per heavy atom. The van der Waals surface area contributed by atoms with Crippen molar-refractivity contribution in [1.82, 2.24) is 19.0 Å². The van der Waals surface area contributed by atoms with Gasteiger partial charge in [-0.25, -0.2) is 13.6 Å². The molecule has 0 spiro atoms. The molecule has 3 aromatic heterocycles. The van der Waals surface area contributed by atoms with E-state index in [-0.39, 0.29) is 47.5 Å². The molecule has 0 fully saturated rings. The second-order valence-corrected chi connectivity index (χ2v) is 9.85. The van der Waals surface area contributed by atoms with Gasteiger partial charge in [0.1, 0.15) is 28.5 Å². The molecule has 0 atom stereocenters. The number of methoxy groups -OCH3 is 1. The van der Waals surface area contributed by atoms with Crippen LogP contribution in [0.25, 0.3) is 10.9 Å². The van der Waals surface area contributed by atoms with Crippen LogP contribution in [0, 0.1) is 11.6 Å². The van der Waals surface area contributed by atoms with Gasteiger partial charge in [-0.2, -0.15) is 0 Å². The van der Waals surface area contributed by atoms with Gasteiger partial charge >= 0.3 is 5.97 Å². The summed E-state index contributed by atoms with van der Waals surface area (Å²) in [6, 6.07) is 3.83. The highest BCUT2D eigenvalue weighted by Gasteiger charge is 2.23. The van der Waals surface area contributed by atoms with Gasteiger partial charge < -0.3 is 39.7 Å². The molecule has 0 unspecified atom stereocenters. The number of esters is 1. The fourth-order valence-corrected chi connectivity index (χ4v) is 4.77. The number of ether oxygens (including phenoxy) is 1. The van der Waals surface area contributed by atoms with E-state index in [2.05, 4.69) is 26.0 Å². The normalized spacial score (nSPS) is 10.9. The number of benzene rings is 1. The van der Waals surface area contributed by atoms with Crippen LogP contribution in [-0.2, 0) is 30.2 Å². The number of nitrogens with zero attached hydrogens (tertiary/aromatic N) is 3. The van der Waals surface area contributed by atoms with Gasteiger partial charge in [-0.3, -0.25) is 19.2 Å². The molecule has 15 heteroatoms. The largest absolute Gasteiger partial charge is 0.465 e. The average Bonchev–Trinajstić information content (AvgIpc) is 3.54. The predicted molar refractivity (Wildman–Crippen MR) is 159 cm³/mol. The first-order valence-corrected chi connectivity index (χ1v) is 13.5. The number of rotatable bonds is 12. The van der Waals surface area contributed by atoms with Crippen molar-refractivity contribution >= 4 is 52.2 Å². The third kappa shape index (κ3) is 6.30. The molecule has 3 heterocycles. The van der Waals surface area contributed by atoms with Crippen molar-refractivity contribution < 1.29 is 32.7 Å². The van der Waals surface area contributed by atoms with E-state index in [1.54, 1.807) is 26.5 Å². The minimum Gasteiger partial charge on any atom is -0.465 e. The maximum absolute atomic E-state index is 15.6. The van der Waals surface area contributed by atoms with E-state index in [0.717, 1.165) is 13.2 Å². The highest BCUT2D eigenvalue weighted by atomic mass is 19.1. The molecule has 0 saturated heterocycles. The zero-order chi connectivity index (χ0) is 32.1. The Morgan fingerprint density at radius 1 is 0.955 bits per heavy atom. The van der Waals surface area contributed by atoms with E-state index >= 15 is 4.39 Å². The van der Waals surface area contributed by atoms with Gasteiger partial charge in [0, 0.05) is 52.3 Å². The van der Waals surface area contributed by atoms with Gasteiger partial charge in [0.15, 0.2) is 5.82 Å². The van der Waals surface area contributed by atoms with Crippen LogP contribution in [0.3, 0.4) is 0 Å². The van der Waals surface area contributed by atoms with Gasteiger partial charge in [-0.05, 0) is 24.6 Å². The molecule has 4 rings (SSSR count). The number of carbonyl (C=O) groups is 4. The summed E-state index contributed by atoms with van der Waals surface area (Å²) in [5.74, 6) is -3.93. The number of amides is 3. The number of pyridine rings is 1. The van der Waals surface area contributed by atoms with Crippen LogP contribution in [0.5, 0.6) is 0 Å². The Balaban J connectivity index is 1.44. The fourth-order valence-electron chi connectivity index (χ4n) is 4.77. The monoisotopic (exact) mass is 611 g/mol. The summed E-state index contributed by atoms with van der Waals surface area (Å²) in [7, 11) is 4.36. The molecular weight excluding hydrogens is 580 g/mol. The number of aryl methyl sites for hydroxylation is 3. The van der Waals surface area contributed by atoms with Gasteiger partial charge in [-0.1, -0.05) is 6.92 Å². The first-order chi connectivity index (χ1) is 21.0. The number of fused-ring (bicyclic) bond motifs is 1. The maximum atomic E-state index is 15.6. The zero-order valence-corrected chi connectivity index (χ0v) is 24.4. The second-order valence-electron chi connectivity index (χ2n) is 9.85. The van der Waals surface area contributed by atoms with E-state index in [1.165, 1.54) is 32.0 Å². The molecule has 13 nitrogen and oxygen atoms in total. The lowest BCUT2D eigenvalue weighted by Crippen LogP contribution is -2.30. The van der Waals surface area contributed by atoms with E-state index in [4.69, 9.17) is 0 Å². The molecule has 0 aliphatic heterocycles. The first-order valence-electron chi connectivity index (χ1n) is 13.5. The van der Waals surface area contributed by atoms with Crippen LogP contribution < -0.4 is 26.7 Å². The van der Waals surface area contributed by atoms with Crippen molar-refractivity contribution in [3.05, 3.63) is 75.6 Å². The lowest BCUT2D eigenvalue weighted by atomic mass is 10.1. The topological polar surface area (TPSA) is 157 Å². The summed E-state index contributed by atoms with van der Waals surface area (Å²) in [6.07, 6.45) is 5.35. The minimum atomic E-state index is -1.04. The number of nitrogens with one attached hydrogen (secondary N) is 4. The number of halogens is 2. The van der Waals surface area contributed by atoms with Crippen molar-refractivity contribution in [3.63, 3.8) is 0 Å². The third-order valence-corrected chi connectivity index (χ3v) is 6.79. The van der Waals surface area contributed by atoms with Crippen molar-refractivity contribution in [2.75, 3.05) is 36.1 Å². The van der Waals surface area contributed by atoms with Crippen molar-refractivity contribution in [3.8, 4) is 0 Å². The van der Waals surface area contributed by atoms with E-state index < -0.39 is 40.5 Å². The molecule has 44 heavy (non-hydrogen) atoms. The number of carbonyl (C=O) groups excluding carboxylic acids is 4. The van der Waals surface area contributed by atoms with Crippen LogP contribution in [0.1, 0.15) is 44.7 Å². The van der Waals surface area contributed by atoms with Crippen LogP contribution in [-0.4, -0.2) is 58.1 Å². The van der Waals surface area contributed by atoms with E-state index in [9.17, 15) is 28.4 Å². The highest BCUT2D eigenvalue weighted by molar-refractivity contribution is 6.05. The fraction of sp³-hybridized carbons (Fsp3) is 0.276. The molecule has 0 radical (unpaired) electrons. The van der Waals surface area contributed by atoms with Gasteiger partial charge in [0.05, 0.1) is 29.4 Å². The summed E-state index contributed by atoms with van der Waals surface area (Å²) in [4.78, 5) is 61.0. The summed E-state index contributed by atoms with van der Waals surface area (Å²) >= 11 is 0. The maximum Gasteiger partial charge on any atom is 0.343 e. The third-order valence-electron chi connectivity index (χ3n) is 6.79. The Bertz CT molecular complexity index is 1820. The molecule has 1 aromatic carbocycles. The second kappa shape index (κ2) is 13.2. The Hall–Kier alpha value is -5.47. The molecule has 4 aromatic rings. The number of aromatic nitrogens is 3. The summed E-state index contributed by atoms with van der Waals surface area (Å²) in [5.41, 5.74) is -0.554. The molecule has 3 amide bonds. The lowest BCUT2D eigenvalue weighted by molar-refractivity contribution is -0.105. The molecular formula is C29H31F2N7O6. The van der Waals surface area contributed by atoms with Crippen LogP contribution in [0.4, 0.5) is 25.8 Å². The molecule has 0 aliphatic rings. The molecule has 0 saturated carbocycles. The van der Waals surface area contributed by atoms with Crippen LogP contribution in [0.2, 0.25) is 0 Å². The lowest BCUT2D eigenvalue weighted by Gasteiger charge is -2.16. The molecule has 0 bridgehead atoms. The van der Waals surface area contributed by atoms with E-state index in [0.29, 0.717) is 24.2 Å². The number of hydrogen-bond acceptors (Lipinski definition) is 7. The molecule has 0 aliphatic carbocycles. The highest BCUT2D eigenvalue weighted by Crippen LogP contribution is 2.27. The average molecular weight is 612 g/mol. The van der Waals surface area contributed by atoms with Gasteiger partial charge in [0.25, 0.3) is 11.8 Å². The van der Waals surface area contributed by atoms with Crippen molar-refractivity contribution in [1.29, 1.82) is 0 Å². The Kier molecular flexibility index (Phi) is 9.46. The summed E-state index contributed by atoms with van der Waals surface area (Å²) in [6.45, 7) is 1.98. The van der Waals surface area contributed by atoms with E-state index in [1.807, 2.05) is 6.92 Å². The van der Waals surface area contributed by atoms with Gasteiger partial charge in [-0.15, -0.1) is 0 Å². The SMILES string of the molecule is CCCn1cc(C(=O)OC)c(=O)c2cc(F)c(NCCNC(=O)c3cc(NC(=O)c4cc(NC=O)cn4C)cn3C)c(F)c21. The zero-order valence-electron chi connectivity index (χ0n) is 24.4. The van der Waals surface area contributed by atoms with Crippen molar-refractivity contribution in [2.24, 2.45) is 14.1 Å². The quantitative estimate of drug-likeness (QED) is 0.109. The predicted octanol–water partition coefficient (Wildman–Crippen LogP) is 2.82. The van der Waals surface area contributed by atoms with Crippen LogP contribution in [0.15, 0.2) is 41.6 Å². The first kappa shape index (κ1) is 31.5. The summed E-state index contributed by atoms with van der Waals surface area (Å²) in [5, 5.41) is 10.1. The smallest absolute Gasteiger partial charge is 0.343 e. The molecule has 4 N–H and O–H groups in total.